The van der Waals surface area contributed by atoms with Gasteiger partial charge < -0.3 is 14.7 Å². The molecular weight excluding hydrogens is 246 g/mol. The van der Waals surface area contributed by atoms with Gasteiger partial charge in [-0.1, -0.05) is 6.92 Å². The predicted octanol–water partition coefficient (Wildman–Crippen LogP) is 1.56. The topological polar surface area (TPSA) is 75.5 Å². The van der Waals surface area contributed by atoms with Gasteiger partial charge in [0, 0.05) is 12.6 Å². The molecule has 1 aliphatic rings. The van der Waals surface area contributed by atoms with E-state index in [9.17, 15) is 9.90 Å². The van der Waals surface area contributed by atoms with Crippen LogP contribution in [0.25, 0.3) is 0 Å². The summed E-state index contributed by atoms with van der Waals surface area (Å²) in [6, 6.07) is 1.18. The Bertz CT molecular complexity index is 464. The van der Waals surface area contributed by atoms with E-state index in [-0.39, 0.29) is 12.0 Å². The standard InChI is InChI=1S/C13H19N3O3/c1-8(2)19-11-6-10(14-7-15-11)16-5-4-9(3)12(16)13(17)18/h6-9,12H,4-5H2,1-3H3,(H,17,18). The first-order valence-electron chi connectivity index (χ1n) is 6.47. The van der Waals surface area contributed by atoms with E-state index in [1.54, 1.807) is 6.07 Å². The van der Waals surface area contributed by atoms with Gasteiger partial charge in [0.25, 0.3) is 0 Å². The smallest absolute Gasteiger partial charge is 0.326 e. The fraction of sp³-hybridized carbons (Fsp3) is 0.615. The Morgan fingerprint density at radius 3 is 2.89 bits per heavy atom. The van der Waals surface area contributed by atoms with Crippen molar-refractivity contribution < 1.29 is 14.6 Å². The van der Waals surface area contributed by atoms with Crippen LogP contribution >= 0.6 is 0 Å². The van der Waals surface area contributed by atoms with Crippen molar-refractivity contribution in [2.24, 2.45) is 5.92 Å². The maximum atomic E-state index is 11.3. The lowest BCUT2D eigenvalue weighted by molar-refractivity contribution is -0.139. The summed E-state index contributed by atoms with van der Waals surface area (Å²) in [5.41, 5.74) is 0. The quantitative estimate of drug-likeness (QED) is 0.890. The first kappa shape index (κ1) is 13.6. The fourth-order valence-corrected chi connectivity index (χ4v) is 2.37. The molecule has 0 aromatic carbocycles. The minimum absolute atomic E-state index is 0.0236. The molecule has 0 bridgehead atoms. The number of ether oxygens (including phenoxy) is 1. The van der Waals surface area contributed by atoms with Crippen LogP contribution in [-0.4, -0.2) is 39.7 Å². The van der Waals surface area contributed by atoms with E-state index in [1.165, 1.54) is 6.33 Å². The van der Waals surface area contributed by atoms with E-state index in [1.807, 2.05) is 25.7 Å². The third kappa shape index (κ3) is 2.94. The molecular formula is C13H19N3O3. The Balaban J connectivity index is 2.23. The van der Waals surface area contributed by atoms with Gasteiger partial charge in [-0.15, -0.1) is 0 Å². The third-order valence-electron chi connectivity index (χ3n) is 3.23. The van der Waals surface area contributed by atoms with Crippen LogP contribution in [0, 0.1) is 5.92 Å². The number of hydrogen-bond acceptors (Lipinski definition) is 5. The second-order valence-electron chi connectivity index (χ2n) is 5.12. The minimum atomic E-state index is -0.810. The highest BCUT2D eigenvalue weighted by Crippen LogP contribution is 2.29. The molecule has 1 N–H and O–H groups in total. The van der Waals surface area contributed by atoms with Gasteiger partial charge in [-0.2, -0.15) is 0 Å². The molecule has 2 unspecified atom stereocenters. The summed E-state index contributed by atoms with van der Waals surface area (Å²) in [6.07, 6.45) is 2.28. The number of rotatable bonds is 4. The van der Waals surface area contributed by atoms with Gasteiger partial charge >= 0.3 is 5.97 Å². The highest BCUT2D eigenvalue weighted by molar-refractivity contribution is 5.79. The van der Waals surface area contributed by atoms with E-state index < -0.39 is 12.0 Å². The lowest BCUT2D eigenvalue weighted by Crippen LogP contribution is -2.39. The SMILES string of the molecule is CC(C)Oc1cc(N2CCC(C)C2C(=O)O)ncn1. The lowest BCUT2D eigenvalue weighted by Gasteiger charge is -2.24. The largest absolute Gasteiger partial charge is 0.480 e. The Kier molecular flexibility index (Phi) is 3.87. The molecule has 2 atom stereocenters. The van der Waals surface area contributed by atoms with Crippen LogP contribution in [0.5, 0.6) is 5.88 Å². The van der Waals surface area contributed by atoms with Crippen LogP contribution in [0.2, 0.25) is 0 Å². The van der Waals surface area contributed by atoms with Crippen LogP contribution in [0.1, 0.15) is 27.2 Å². The van der Waals surface area contributed by atoms with Crippen LogP contribution in [0.15, 0.2) is 12.4 Å². The van der Waals surface area contributed by atoms with Crippen LogP contribution in [-0.2, 0) is 4.79 Å². The van der Waals surface area contributed by atoms with Crippen LogP contribution in [0.4, 0.5) is 5.82 Å². The van der Waals surface area contributed by atoms with E-state index in [2.05, 4.69) is 9.97 Å². The zero-order valence-corrected chi connectivity index (χ0v) is 11.4. The van der Waals surface area contributed by atoms with Gasteiger partial charge in [-0.3, -0.25) is 0 Å². The summed E-state index contributed by atoms with van der Waals surface area (Å²) in [6.45, 7) is 6.47. The van der Waals surface area contributed by atoms with Crippen molar-refractivity contribution in [1.82, 2.24) is 9.97 Å². The van der Waals surface area contributed by atoms with Gasteiger partial charge in [-0.05, 0) is 26.2 Å². The molecule has 1 fully saturated rings. The summed E-state index contributed by atoms with van der Waals surface area (Å²) in [4.78, 5) is 21.3. The molecule has 1 aromatic heterocycles. The average Bonchev–Trinajstić information content (AvgIpc) is 2.70. The van der Waals surface area contributed by atoms with Crippen molar-refractivity contribution in [3.63, 3.8) is 0 Å². The molecule has 6 heteroatoms. The number of hydrogen-bond donors (Lipinski definition) is 1. The van der Waals surface area contributed by atoms with Crippen molar-refractivity contribution in [2.75, 3.05) is 11.4 Å². The first-order valence-corrected chi connectivity index (χ1v) is 6.47. The van der Waals surface area contributed by atoms with Gasteiger partial charge in [0.2, 0.25) is 5.88 Å². The number of carbonyl (C=O) groups is 1. The van der Waals surface area contributed by atoms with Gasteiger partial charge in [0.15, 0.2) is 0 Å². The molecule has 1 saturated heterocycles. The first-order chi connectivity index (χ1) is 8.99. The molecule has 1 aromatic rings. The third-order valence-corrected chi connectivity index (χ3v) is 3.23. The molecule has 0 saturated carbocycles. The molecule has 19 heavy (non-hydrogen) atoms. The van der Waals surface area contributed by atoms with Gasteiger partial charge in [-0.25, -0.2) is 14.8 Å². The Morgan fingerprint density at radius 1 is 1.53 bits per heavy atom. The van der Waals surface area contributed by atoms with E-state index in [4.69, 9.17) is 4.74 Å². The van der Waals surface area contributed by atoms with E-state index in [0.29, 0.717) is 18.2 Å². The molecule has 6 nitrogen and oxygen atoms in total. The summed E-state index contributed by atoms with van der Waals surface area (Å²) in [7, 11) is 0. The highest BCUT2D eigenvalue weighted by atomic mass is 16.5. The lowest BCUT2D eigenvalue weighted by atomic mass is 10.0. The normalized spacial score (nSPS) is 22.8. The summed E-state index contributed by atoms with van der Waals surface area (Å²) in [5.74, 6) is 0.392. The van der Waals surface area contributed by atoms with Gasteiger partial charge in [0.1, 0.15) is 18.2 Å². The maximum absolute atomic E-state index is 11.3. The molecule has 104 valence electrons. The van der Waals surface area contributed by atoms with Crippen molar-refractivity contribution in [2.45, 2.75) is 39.3 Å². The number of carboxylic acids is 1. The number of aliphatic carboxylic acids is 1. The summed E-state index contributed by atoms with van der Waals surface area (Å²) >= 11 is 0. The highest BCUT2D eigenvalue weighted by Gasteiger charge is 2.37. The maximum Gasteiger partial charge on any atom is 0.326 e. The van der Waals surface area contributed by atoms with E-state index in [0.717, 1.165) is 6.42 Å². The molecule has 0 spiro atoms. The molecule has 0 amide bonds. The number of nitrogens with zero attached hydrogens (tertiary/aromatic N) is 3. The van der Waals surface area contributed by atoms with Crippen LogP contribution in [0.3, 0.4) is 0 Å². The van der Waals surface area contributed by atoms with Gasteiger partial charge in [0.05, 0.1) is 6.10 Å². The zero-order valence-electron chi connectivity index (χ0n) is 11.4. The zero-order chi connectivity index (χ0) is 14.0. The average molecular weight is 265 g/mol. The van der Waals surface area contributed by atoms with Crippen molar-refractivity contribution >= 4 is 11.8 Å². The number of anilines is 1. The summed E-state index contributed by atoms with van der Waals surface area (Å²) < 4.78 is 5.51. The molecule has 2 heterocycles. The number of aromatic nitrogens is 2. The Labute approximate surface area is 112 Å². The van der Waals surface area contributed by atoms with Crippen molar-refractivity contribution in [3.05, 3.63) is 12.4 Å². The second-order valence-corrected chi connectivity index (χ2v) is 5.12. The fourth-order valence-electron chi connectivity index (χ4n) is 2.37. The molecule has 2 rings (SSSR count). The monoisotopic (exact) mass is 265 g/mol. The van der Waals surface area contributed by atoms with Crippen LogP contribution < -0.4 is 9.64 Å². The Hall–Kier alpha value is -1.85. The second kappa shape index (κ2) is 5.42. The van der Waals surface area contributed by atoms with Crippen molar-refractivity contribution in [3.8, 4) is 5.88 Å². The van der Waals surface area contributed by atoms with Crippen molar-refractivity contribution in [1.29, 1.82) is 0 Å². The summed E-state index contributed by atoms with van der Waals surface area (Å²) in [5, 5.41) is 9.31. The Morgan fingerprint density at radius 2 is 2.26 bits per heavy atom. The molecule has 0 radical (unpaired) electrons. The number of carboxylic acid groups (broad SMARTS) is 1. The molecule has 1 aliphatic heterocycles. The molecule has 0 aliphatic carbocycles. The van der Waals surface area contributed by atoms with E-state index >= 15 is 0 Å². The minimum Gasteiger partial charge on any atom is -0.480 e. The predicted molar refractivity (Wildman–Crippen MR) is 70.3 cm³/mol.